The van der Waals surface area contributed by atoms with E-state index in [2.05, 4.69) is 31.2 Å². The molecule has 2 heterocycles. The Morgan fingerprint density at radius 2 is 2.11 bits per heavy atom. The molecule has 0 saturated heterocycles. The van der Waals surface area contributed by atoms with E-state index < -0.39 is 5.97 Å². The highest BCUT2D eigenvalue weighted by Crippen LogP contribution is 2.32. The van der Waals surface area contributed by atoms with Gasteiger partial charge in [-0.2, -0.15) is 4.98 Å². The van der Waals surface area contributed by atoms with Crippen LogP contribution in [0.25, 0.3) is 0 Å². The number of nitrogens with zero attached hydrogens (tertiary/aromatic N) is 2. The van der Waals surface area contributed by atoms with Gasteiger partial charge in [0, 0.05) is 12.1 Å². The molecule has 0 amide bonds. The monoisotopic (exact) mass is 441 g/mol. The zero-order chi connectivity index (χ0) is 19.5. The molecule has 2 aromatic carbocycles. The maximum Gasteiger partial charge on any atom is 0.341 e. The predicted molar refractivity (Wildman–Crippen MR) is 107 cm³/mol. The maximum absolute atomic E-state index is 11.9. The van der Waals surface area contributed by atoms with Gasteiger partial charge in [-0.25, -0.2) is 9.78 Å². The van der Waals surface area contributed by atoms with Crippen LogP contribution in [-0.4, -0.2) is 29.7 Å². The third kappa shape index (κ3) is 3.77. The first-order chi connectivity index (χ1) is 13.6. The number of rotatable bonds is 5. The second-order valence-electron chi connectivity index (χ2n) is 5.98. The number of aromatic nitrogens is 2. The van der Waals surface area contributed by atoms with Gasteiger partial charge in [0.25, 0.3) is 0 Å². The minimum absolute atomic E-state index is 0.276. The van der Waals surface area contributed by atoms with Crippen molar-refractivity contribution in [3.05, 3.63) is 64.3 Å². The van der Waals surface area contributed by atoms with Crippen LogP contribution in [0, 0.1) is 0 Å². The smallest absolute Gasteiger partial charge is 0.341 e. The van der Waals surface area contributed by atoms with Crippen molar-refractivity contribution in [2.45, 2.75) is 6.42 Å². The summed E-state index contributed by atoms with van der Waals surface area (Å²) in [5, 5.41) is 3.17. The third-order valence-corrected chi connectivity index (χ3v) is 4.70. The van der Waals surface area contributed by atoms with Crippen molar-refractivity contribution in [1.82, 2.24) is 9.97 Å². The quantitative estimate of drug-likeness (QED) is 0.583. The van der Waals surface area contributed by atoms with E-state index in [1.165, 1.54) is 7.11 Å². The molecule has 8 heteroatoms. The highest BCUT2D eigenvalue weighted by Gasteiger charge is 2.16. The lowest BCUT2D eigenvalue weighted by Gasteiger charge is -2.12. The van der Waals surface area contributed by atoms with E-state index in [-0.39, 0.29) is 5.88 Å². The van der Waals surface area contributed by atoms with Crippen LogP contribution in [0.4, 0.5) is 11.6 Å². The molecule has 28 heavy (non-hydrogen) atoms. The first kappa shape index (κ1) is 18.2. The third-order valence-electron chi connectivity index (χ3n) is 4.16. The summed E-state index contributed by atoms with van der Waals surface area (Å²) >= 11 is 3.38. The topological polar surface area (TPSA) is 82.6 Å². The number of carbonyl (C=O) groups excluding carboxylic acids is 1. The summed E-state index contributed by atoms with van der Waals surface area (Å²) in [6.07, 6.45) is 2.46. The lowest BCUT2D eigenvalue weighted by Crippen LogP contribution is -2.05. The zero-order valence-corrected chi connectivity index (χ0v) is 16.5. The number of ether oxygens (including phenoxy) is 3. The minimum Gasteiger partial charge on any atom is -0.493 e. The fourth-order valence-electron chi connectivity index (χ4n) is 2.82. The molecule has 7 nitrogen and oxygen atoms in total. The molecular formula is C20H16BrN3O4. The van der Waals surface area contributed by atoms with E-state index in [1.54, 1.807) is 30.5 Å². The van der Waals surface area contributed by atoms with Crippen LogP contribution in [0.5, 0.6) is 17.4 Å². The van der Waals surface area contributed by atoms with E-state index in [0.717, 1.165) is 23.4 Å². The molecule has 1 aliphatic rings. The van der Waals surface area contributed by atoms with E-state index in [9.17, 15) is 4.79 Å². The van der Waals surface area contributed by atoms with Crippen LogP contribution >= 0.6 is 15.9 Å². The van der Waals surface area contributed by atoms with E-state index in [1.807, 2.05) is 18.2 Å². The van der Waals surface area contributed by atoms with Crippen molar-refractivity contribution in [3.63, 3.8) is 0 Å². The summed E-state index contributed by atoms with van der Waals surface area (Å²) in [5.41, 5.74) is 2.31. The van der Waals surface area contributed by atoms with Gasteiger partial charge in [0.05, 0.1) is 24.4 Å². The zero-order valence-electron chi connectivity index (χ0n) is 14.9. The second-order valence-corrected chi connectivity index (χ2v) is 6.84. The Morgan fingerprint density at radius 1 is 1.25 bits per heavy atom. The Hall–Kier alpha value is -3.13. The number of anilines is 2. The first-order valence-corrected chi connectivity index (χ1v) is 9.34. The molecule has 0 aliphatic carbocycles. The van der Waals surface area contributed by atoms with Crippen molar-refractivity contribution in [2.24, 2.45) is 0 Å². The molecule has 4 rings (SSSR count). The van der Waals surface area contributed by atoms with Gasteiger partial charge in [0.15, 0.2) is 0 Å². The van der Waals surface area contributed by atoms with E-state index in [0.29, 0.717) is 28.3 Å². The normalized spacial score (nSPS) is 12.1. The number of para-hydroxylation sites is 1. The van der Waals surface area contributed by atoms with Gasteiger partial charge in [-0.05, 0) is 51.8 Å². The van der Waals surface area contributed by atoms with Gasteiger partial charge in [-0.1, -0.05) is 12.1 Å². The molecule has 0 fully saturated rings. The molecule has 1 N–H and O–H groups in total. The molecule has 0 radical (unpaired) electrons. The average molecular weight is 442 g/mol. The largest absolute Gasteiger partial charge is 0.493 e. The van der Waals surface area contributed by atoms with Crippen LogP contribution in [0.1, 0.15) is 15.9 Å². The van der Waals surface area contributed by atoms with Gasteiger partial charge >= 0.3 is 5.97 Å². The van der Waals surface area contributed by atoms with Gasteiger partial charge in [0.2, 0.25) is 11.8 Å². The molecule has 142 valence electrons. The standard InChI is InChI=1S/C20H16BrN3O4/c1-26-19(25)14-4-2-3-5-17(14)28-18-15(21)11-22-20(24-18)23-13-6-7-16-12(10-13)8-9-27-16/h2-7,10-11H,8-9H2,1H3,(H,22,23,24). The van der Waals surface area contributed by atoms with Gasteiger partial charge < -0.3 is 19.5 Å². The Kier molecular flexibility index (Phi) is 5.12. The Balaban J connectivity index is 1.59. The molecule has 1 aromatic heterocycles. The number of hydrogen-bond donors (Lipinski definition) is 1. The van der Waals surface area contributed by atoms with Crippen LogP contribution in [0.15, 0.2) is 53.1 Å². The van der Waals surface area contributed by atoms with Crippen LogP contribution in [0.2, 0.25) is 0 Å². The molecule has 0 saturated carbocycles. The van der Waals surface area contributed by atoms with Crippen molar-refractivity contribution < 1.29 is 19.0 Å². The minimum atomic E-state index is -0.487. The van der Waals surface area contributed by atoms with Gasteiger partial charge in [-0.3, -0.25) is 0 Å². The van der Waals surface area contributed by atoms with Gasteiger partial charge in [0.1, 0.15) is 17.1 Å². The summed E-state index contributed by atoms with van der Waals surface area (Å²) in [7, 11) is 1.32. The number of methoxy groups -OCH3 is 1. The van der Waals surface area contributed by atoms with Crippen molar-refractivity contribution in [3.8, 4) is 17.4 Å². The second kappa shape index (κ2) is 7.85. The predicted octanol–water partition coefficient (Wildman–Crippen LogP) is 4.50. The summed E-state index contributed by atoms with van der Waals surface area (Å²) in [5.74, 6) is 1.41. The highest BCUT2D eigenvalue weighted by molar-refractivity contribution is 9.10. The van der Waals surface area contributed by atoms with Crippen molar-refractivity contribution >= 4 is 33.5 Å². The van der Waals surface area contributed by atoms with Crippen molar-refractivity contribution in [1.29, 1.82) is 0 Å². The number of halogens is 1. The summed E-state index contributed by atoms with van der Waals surface area (Å²) in [6, 6.07) is 12.6. The summed E-state index contributed by atoms with van der Waals surface area (Å²) < 4.78 is 16.7. The van der Waals surface area contributed by atoms with Crippen LogP contribution in [-0.2, 0) is 11.2 Å². The highest BCUT2D eigenvalue weighted by atomic mass is 79.9. The van der Waals surface area contributed by atoms with Crippen LogP contribution < -0.4 is 14.8 Å². The van der Waals surface area contributed by atoms with E-state index >= 15 is 0 Å². The molecule has 0 atom stereocenters. The molecule has 0 spiro atoms. The molecule has 0 unspecified atom stereocenters. The number of esters is 1. The Bertz CT molecular complexity index is 1040. The Morgan fingerprint density at radius 3 is 2.96 bits per heavy atom. The van der Waals surface area contributed by atoms with Crippen molar-refractivity contribution in [2.75, 3.05) is 19.0 Å². The summed E-state index contributed by atoms with van der Waals surface area (Å²) in [6.45, 7) is 0.700. The molecule has 0 bridgehead atoms. The lowest BCUT2D eigenvalue weighted by atomic mass is 10.1. The Labute approximate surface area is 169 Å². The molecule has 3 aromatic rings. The van der Waals surface area contributed by atoms with Gasteiger partial charge in [-0.15, -0.1) is 0 Å². The fraction of sp³-hybridized carbons (Fsp3) is 0.150. The maximum atomic E-state index is 11.9. The number of carbonyl (C=O) groups is 1. The van der Waals surface area contributed by atoms with E-state index in [4.69, 9.17) is 14.2 Å². The average Bonchev–Trinajstić information content (AvgIpc) is 3.18. The number of nitrogens with one attached hydrogen (secondary N) is 1. The SMILES string of the molecule is COC(=O)c1ccccc1Oc1nc(Nc2ccc3c(c2)CCO3)ncc1Br. The fourth-order valence-corrected chi connectivity index (χ4v) is 3.09. The molecular weight excluding hydrogens is 426 g/mol. The lowest BCUT2D eigenvalue weighted by molar-refractivity contribution is 0.0598. The first-order valence-electron chi connectivity index (χ1n) is 8.54. The molecule has 1 aliphatic heterocycles. The number of hydrogen-bond acceptors (Lipinski definition) is 7. The number of benzene rings is 2. The summed E-state index contributed by atoms with van der Waals surface area (Å²) in [4.78, 5) is 20.6. The van der Waals surface area contributed by atoms with Crippen LogP contribution in [0.3, 0.4) is 0 Å². The number of fused-ring (bicyclic) bond motifs is 1.